The van der Waals surface area contributed by atoms with Crippen LogP contribution < -0.4 is 10.1 Å². The molecule has 5 heteroatoms. The van der Waals surface area contributed by atoms with Crippen LogP contribution in [0.4, 0.5) is 0 Å². The summed E-state index contributed by atoms with van der Waals surface area (Å²) in [5, 5.41) is 13.9. The van der Waals surface area contributed by atoms with Crippen LogP contribution in [0.2, 0.25) is 5.02 Å². The number of rotatable bonds is 5. The predicted molar refractivity (Wildman–Crippen MR) is 74.9 cm³/mol. The molecule has 1 heterocycles. The average Bonchev–Trinajstić information content (AvgIpc) is 2.79. The Labute approximate surface area is 118 Å². The molecule has 1 saturated heterocycles. The summed E-state index contributed by atoms with van der Waals surface area (Å²) in [5.74, 6) is 1.08. The Bertz CT molecular complexity index is 439. The highest BCUT2D eigenvalue weighted by Gasteiger charge is 2.23. The molecule has 0 radical (unpaired) electrons. The van der Waals surface area contributed by atoms with Gasteiger partial charge >= 0.3 is 0 Å². The Balaban J connectivity index is 1.94. The zero-order chi connectivity index (χ0) is 13.8. The van der Waals surface area contributed by atoms with Crippen LogP contribution >= 0.6 is 11.6 Å². The van der Waals surface area contributed by atoms with E-state index in [4.69, 9.17) is 21.1 Å². The number of phenols is 1. The van der Waals surface area contributed by atoms with Crippen LogP contribution in [-0.4, -0.2) is 31.5 Å². The van der Waals surface area contributed by atoms with Crippen LogP contribution in [0.3, 0.4) is 0 Å². The van der Waals surface area contributed by atoms with Gasteiger partial charge in [0.1, 0.15) is 0 Å². The summed E-state index contributed by atoms with van der Waals surface area (Å²) in [6, 6.07) is 3.36. The third-order valence-electron chi connectivity index (χ3n) is 3.59. The molecule has 0 saturated carbocycles. The summed E-state index contributed by atoms with van der Waals surface area (Å²) in [6.45, 7) is 4.37. The van der Waals surface area contributed by atoms with E-state index in [2.05, 4.69) is 12.2 Å². The minimum atomic E-state index is 0.148. The molecular formula is C14H20ClNO3. The number of halogens is 1. The number of hydrogen-bond donors (Lipinski definition) is 2. The van der Waals surface area contributed by atoms with Crippen LogP contribution in [-0.2, 0) is 11.3 Å². The fourth-order valence-electron chi connectivity index (χ4n) is 2.36. The fourth-order valence-corrected chi connectivity index (χ4v) is 2.59. The highest BCUT2D eigenvalue weighted by molar-refractivity contribution is 6.30. The smallest absolute Gasteiger partial charge is 0.162 e. The summed E-state index contributed by atoms with van der Waals surface area (Å²) in [4.78, 5) is 0. The van der Waals surface area contributed by atoms with E-state index >= 15 is 0 Å². The van der Waals surface area contributed by atoms with Crippen molar-refractivity contribution in [3.63, 3.8) is 0 Å². The van der Waals surface area contributed by atoms with Gasteiger partial charge in [-0.1, -0.05) is 11.6 Å². The molecule has 0 spiro atoms. The molecule has 1 aromatic carbocycles. The van der Waals surface area contributed by atoms with E-state index < -0.39 is 0 Å². The molecule has 2 atom stereocenters. The first-order chi connectivity index (χ1) is 9.11. The molecule has 1 aliphatic rings. The molecule has 19 heavy (non-hydrogen) atoms. The molecule has 4 nitrogen and oxygen atoms in total. The highest BCUT2D eigenvalue weighted by atomic mass is 35.5. The van der Waals surface area contributed by atoms with Gasteiger partial charge in [0.2, 0.25) is 0 Å². The number of nitrogens with one attached hydrogen (secondary N) is 1. The monoisotopic (exact) mass is 285 g/mol. The van der Waals surface area contributed by atoms with E-state index in [0.29, 0.717) is 29.3 Å². The average molecular weight is 286 g/mol. The van der Waals surface area contributed by atoms with Crippen molar-refractivity contribution in [3.8, 4) is 11.5 Å². The lowest BCUT2D eigenvalue weighted by Crippen LogP contribution is -2.26. The number of phenolic OH excluding ortho intramolecular Hbond substituents is 1. The fraction of sp³-hybridized carbons (Fsp3) is 0.571. The second-order valence-electron chi connectivity index (χ2n) is 4.87. The maximum atomic E-state index is 10.0. The Kier molecular flexibility index (Phi) is 4.91. The first-order valence-electron chi connectivity index (χ1n) is 6.49. The van der Waals surface area contributed by atoms with Gasteiger partial charge in [-0.2, -0.15) is 0 Å². The Morgan fingerprint density at radius 1 is 1.53 bits per heavy atom. The summed E-state index contributed by atoms with van der Waals surface area (Å²) in [5.41, 5.74) is 0.746. The molecule has 0 amide bonds. The standard InChI is InChI=1S/C14H20ClNO3/c1-9-10(3-4-19-9)7-16-8-11-5-12(15)6-13(18-2)14(11)17/h5-6,9-10,16-17H,3-4,7-8H2,1-2H3. The van der Waals surface area contributed by atoms with Crippen molar-refractivity contribution in [3.05, 3.63) is 22.7 Å². The van der Waals surface area contributed by atoms with Gasteiger partial charge in [-0.3, -0.25) is 0 Å². The summed E-state index contributed by atoms with van der Waals surface area (Å²) in [6.07, 6.45) is 1.38. The zero-order valence-corrected chi connectivity index (χ0v) is 12.0. The number of methoxy groups -OCH3 is 1. The third kappa shape index (κ3) is 3.53. The van der Waals surface area contributed by atoms with Gasteiger partial charge in [0.05, 0.1) is 13.2 Å². The van der Waals surface area contributed by atoms with Crippen LogP contribution in [0.1, 0.15) is 18.9 Å². The van der Waals surface area contributed by atoms with Gasteiger partial charge in [-0.25, -0.2) is 0 Å². The molecule has 0 bridgehead atoms. The first kappa shape index (κ1) is 14.4. The van der Waals surface area contributed by atoms with Crippen LogP contribution in [0, 0.1) is 5.92 Å². The largest absolute Gasteiger partial charge is 0.504 e. The van der Waals surface area contributed by atoms with Crippen LogP contribution in [0.25, 0.3) is 0 Å². The minimum absolute atomic E-state index is 0.148. The van der Waals surface area contributed by atoms with Crippen LogP contribution in [0.5, 0.6) is 11.5 Å². The molecule has 2 rings (SSSR count). The van der Waals surface area contributed by atoms with Crippen molar-refractivity contribution < 1.29 is 14.6 Å². The Hall–Kier alpha value is -0.970. The van der Waals surface area contributed by atoms with Gasteiger partial charge in [-0.05, 0) is 25.3 Å². The first-order valence-corrected chi connectivity index (χ1v) is 6.87. The predicted octanol–water partition coefficient (Wildman–Crippen LogP) is 2.57. The Morgan fingerprint density at radius 2 is 2.32 bits per heavy atom. The quantitative estimate of drug-likeness (QED) is 0.873. The van der Waals surface area contributed by atoms with E-state index in [1.807, 2.05) is 0 Å². The van der Waals surface area contributed by atoms with E-state index in [1.54, 1.807) is 12.1 Å². The van der Waals surface area contributed by atoms with E-state index in [1.165, 1.54) is 7.11 Å². The van der Waals surface area contributed by atoms with E-state index in [0.717, 1.165) is 25.1 Å². The topological polar surface area (TPSA) is 50.7 Å². The third-order valence-corrected chi connectivity index (χ3v) is 3.81. The molecule has 2 unspecified atom stereocenters. The molecule has 0 aromatic heterocycles. The van der Waals surface area contributed by atoms with Crippen molar-refractivity contribution in [2.24, 2.45) is 5.92 Å². The molecule has 1 aliphatic heterocycles. The summed E-state index contributed by atoms with van der Waals surface area (Å²) < 4.78 is 10.6. The second kappa shape index (κ2) is 6.46. The number of hydrogen-bond acceptors (Lipinski definition) is 4. The number of benzene rings is 1. The summed E-state index contributed by atoms with van der Waals surface area (Å²) >= 11 is 5.99. The van der Waals surface area contributed by atoms with Gasteiger partial charge in [0.15, 0.2) is 11.5 Å². The van der Waals surface area contributed by atoms with Crippen molar-refractivity contribution >= 4 is 11.6 Å². The maximum absolute atomic E-state index is 10.0. The zero-order valence-electron chi connectivity index (χ0n) is 11.3. The molecule has 106 valence electrons. The SMILES string of the molecule is COc1cc(Cl)cc(CNCC2CCOC2C)c1O. The lowest BCUT2D eigenvalue weighted by molar-refractivity contribution is 0.105. The Morgan fingerprint density at radius 3 is 2.95 bits per heavy atom. The molecule has 2 N–H and O–H groups in total. The molecule has 1 aromatic rings. The summed E-state index contributed by atoms with van der Waals surface area (Å²) in [7, 11) is 1.51. The van der Waals surface area contributed by atoms with Gasteiger partial charge in [0, 0.05) is 36.3 Å². The van der Waals surface area contributed by atoms with E-state index in [9.17, 15) is 5.11 Å². The number of ether oxygens (including phenoxy) is 2. The highest BCUT2D eigenvalue weighted by Crippen LogP contribution is 2.33. The van der Waals surface area contributed by atoms with Gasteiger partial charge in [-0.15, -0.1) is 0 Å². The van der Waals surface area contributed by atoms with E-state index in [-0.39, 0.29) is 5.75 Å². The van der Waals surface area contributed by atoms with Gasteiger partial charge in [0.25, 0.3) is 0 Å². The lowest BCUT2D eigenvalue weighted by Gasteiger charge is -2.16. The normalized spacial score (nSPS) is 22.7. The number of aromatic hydroxyl groups is 1. The lowest BCUT2D eigenvalue weighted by atomic mass is 10.0. The van der Waals surface area contributed by atoms with Crippen molar-refractivity contribution in [1.82, 2.24) is 5.32 Å². The minimum Gasteiger partial charge on any atom is -0.504 e. The maximum Gasteiger partial charge on any atom is 0.162 e. The molecular weight excluding hydrogens is 266 g/mol. The molecule has 1 fully saturated rings. The van der Waals surface area contributed by atoms with Crippen LogP contribution in [0.15, 0.2) is 12.1 Å². The van der Waals surface area contributed by atoms with Crippen molar-refractivity contribution in [2.45, 2.75) is 26.0 Å². The second-order valence-corrected chi connectivity index (χ2v) is 5.31. The molecule has 0 aliphatic carbocycles. The van der Waals surface area contributed by atoms with Gasteiger partial charge < -0.3 is 19.9 Å². The van der Waals surface area contributed by atoms with Crippen molar-refractivity contribution in [1.29, 1.82) is 0 Å². The van der Waals surface area contributed by atoms with Crippen molar-refractivity contribution in [2.75, 3.05) is 20.3 Å².